The molecule has 2 aromatic carbocycles. The molecule has 0 fully saturated rings. The lowest BCUT2D eigenvalue weighted by Crippen LogP contribution is -2.03. The fourth-order valence-corrected chi connectivity index (χ4v) is 2.83. The Morgan fingerprint density at radius 3 is 2.62 bits per heavy atom. The van der Waals surface area contributed by atoms with E-state index in [4.69, 9.17) is 10.5 Å². The van der Waals surface area contributed by atoms with Crippen LogP contribution < -0.4 is 15.8 Å². The van der Waals surface area contributed by atoms with E-state index in [9.17, 15) is 0 Å². The van der Waals surface area contributed by atoms with Crippen LogP contribution in [0.3, 0.4) is 0 Å². The highest BCUT2D eigenvalue weighted by atomic mass is 16.5. The van der Waals surface area contributed by atoms with Gasteiger partial charge in [0.2, 0.25) is 0 Å². The van der Waals surface area contributed by atoms with Gasteiger partial charge in [-0.25, -0.2) is 9.97 Å². The van der Waals surface area contributed by atoms with E-state index in [2.05, 4.69) is 25.5 Å². The highest BCUT2D eigenvalue weighted by Crippen LogP contribution is 2.28. The van der Waals surface area contributed by atoms with Gasteiger partial charge in [-0.15, -0.1) is 0 Å². The fourth-order valence-electron chi connectivity index (χ4n) is 2.83. The number of nitrogens with two attached hydrogens (primary N) is 1. The summed E-state index contributed by atoms with van der Waals surface area (Å²) in [5.74, 6) is 2.37. The summed E-state index contributed by atoms with van der Waals surface area (Å²) in [7, 11) is 1.65. The molecule has 0 aliphatic rings. The molecule has 0 bridgehead atoms. The number of fused-ring (bicyclic) bond motifs is 1. The van der Waals surface area contributed by atoms with Crippen molar-refractivity contribution in [3.8, 4) is 17.1 Å². The van der Waals surface area contributed by atoms with Gasteiger partial charge in [-0.1, -0.05) is 48.5 Å². The van der Waals surface area contributed by atoms with E-state index in [1.807, 2.05) is 54.6 Å². The molecule has 7 nitrogen and oxygen atoms in total. The van der Waals surface area contributed by atoms with Gasteiger partial charge in [0.1, 0.15) is 17.0 Å². The van der Waals surface area contributed by atoms with E-state index >= 15 is 0 Å². The van der Waals surface area contributed by atoms with Gasteiger partial charge in [0.25, 0.3) is 0 Å². The van der Waals surface area contributed by atoms with Crippen molar-refractivity contribution in [3.05, 3.63) is 60.2 Å². The molecular weight excluding hydrogens is 328 g/mol. The van der Waals surface area contributed by atoms with Crippen LogP contribution in [0.5, 0.6) is 5.75 Å². The Morgan fingerprint density at radius 1 is 1.04 bits per heavy atom. The maximum Gasteiger partial charge on any atom is 0.163 e. The minimum atomic E-state index is 0.380. The molecular formula is C19H18N6O. The Balaban J connectivity index is 1.65. The number of methoxy groups -OCH3 is 1. The van der Waals surface area contributed by atoms with Crippen LogP contribution >= 0.6 is 0 Å². The zero-order chi connectivity index (χ0) is 17.9. The summed E-state index contributed by atoms with van der Waals surface area (Å²) in [6.07, 6.45) is 0. The molecule has 0 aliphatic carbocycles. The van der Waals surface area contributed by atoms with Crippen molar-refractivity contribution in [1.82, 2.24) is 20.2 Å². The zero-order valence-corrected chi connectivity index (χ0v) is 14.2. The number of H-pyrrole nitrogens is 1. The molecule has 0 spiro atoms. The van der Waals surface area contributed by atoms with Crippen LogP contribution in [0.1, 0.15) is 5.56 Å². The van der Waals surface area contributed by atoms with Crippen molar-refractivity contribution in [1.29, 1.82) is 0 Å². The van der Waals surface area contributed by atoms with Crippen LogP contribution in [0, 0.1) is 0 Å². The van der Waals surface area contributed by atoms with E-state index < -0.39 is 0 Å². The smallest absolute Gasteiger partial charge is 0.163 e. The predicted octanol–water partition coefficient (Wildman–Crippen LogP) is 3.22. The van der Waals surface area contributed by atoms with E-state index in [-0.39, 0.29) is 0 Å². The number of ether oxygens (including phenoxy) is 1. The van der Waals surface area contributed by atoms with Crippen LogP contribution in [0.4, 0.5) is 11.6 Å². The van der Waals surface area contributed by atoms with Crippen molar-refractivity contribution in [2.75, 3.05) is 18.2 Å². The lowest BCUT2D eigenvalue weighted by Gasteiger charge is -2.09. The highest BCUT2D eigenvalue weighted by Gasteiger charge is 2.14. The van der Waals surface area contributed by atoms with Crippen LogP contribution in [-0.2, 0) is 6.54 Å². The van der Waals surface area contributed by atoms with E-state index in [0.29, 0.717) is 35.0 Å². The molecule has 26 heavy (non-hydrogen) atoms. The third kappa shape index (κ3) is 2.90. The first kappa shape index (κ1) is 15.9. The first-order valence-corrected chi connectivity index (χ1v) is 8.19. The quantitative estimate of drug-likeness (QED) is 0.513. The number of benzene rings is 2. The second-order valence-corrected chi connectivity index (χ2v) is 5.76. The average Bonchev–Trinajstić information content (AvgIpc) is 3.11. The van der Waals surface area contributed by atoms with Crippen molar-refractivity contribution in [2.45, 2.75) is 6.54 Å². The maximum absolute atomic E-state index is 6.19. The first-order chi connectivity index (χ1) is 12.8. The summed E-state index contributed by atoms with van der Waals surface area (Å²) >= 11 is 0. The van der Waals surface area contributed by atoms with E-state index in [1.54, 1.807) is 7.11 Å². The Labute approximate surface area is 150 Å². The number of nitrogens with one attached hydrogen (secondary N) is 2. The molecule has 7 heteroatoms. The standard InChI is InChI=1S/C19H18N6O/c1-26-14-10-6-5-9-13(14)11-21-18-15-16(20)22-17(23-19(15)25-24-18)12-7-3-2-4-8-12/h2-10H,11H2,1H3,(H4,20,21,22,23,24,25). The summed E-state index contributed by atoms with van der Waals surface area (Å²) in [4.78, 5) is 8.98. The normalized spacial score (nSPS) is 10.8. The molecule has 130 valence electrons. The second-order valence-electron chi connectivity index (χ2n) is 5.76. The second kappa shape index (κ2) is 6.72. The summed E-state index contributed by atoms with van der Waals surface area (Å²) in [5.41, 5.74) is 8.71. The molecule has 4 aromatic rings. The fraction of sp³-hybridized carbons (Fsp3) is 0.105. The first-order valence-electron chi connectivity index (χ1n) is 8.19. The van der Waals surface area contributed by atoms with E-state index in [1.165, 1.54) is 0 Å². The minimum Gasteiger partial charge on any atom is -0.496 e. The number of hydrogen-bond acceptors (Lipinski definition) is 6. The number of aromatic amines is 1. The van der Waals surface area contributed by atoms with Gasteiger partial charge in [-0.3, -0.25) is 5.10 Å². The van der Waals surface area contributed by atoms with E-state index in [0.717, 1.165) is 16.9 Å². The molecule has 0 aliphatic heterocycles. The SMILES string of the molecule is COc1ccccc1CNc1n[nH]c2nc(-c3ccccc3)nc(N)c12. The lowest BCUT2D eigenvalue weighted by atomic mass is 10.2. The molecule has 0 saturated heterocycles. The van der Waals surface area contributed by atoms with Gasteiger partial charge in [-0.2, -0.15) is 5.10 Å². The van der Waals surface area contributed by atoms with Crippen LogP contribution in [0.15, 0.2) is 54.6 Å². The molecule has 4 rings (SSSR count). The summed E-state index contributed by atoms with van der Waals surface area (Å²) < 4.78 is 5.37. The molecule has 2 aromatic heterocycles. The third-order valence-corrected chi connectivity index (χ3v) is 4.12. The monoisotopic (exact) mass is 346 g/mol. The number of para-hydroxylation sites is 1. The third-order valence-electron chi connectivity index (χ3n) is 4.12. The number of hydrogen-bond donors (Lipinski definition) is 3. The van der Waals surface area contributed by atoms with Crippen LogP contribution in [-0.4, -0.2) is 27.3 Å². The van der Waals surface area contributed by atoms with Crippen molar-refractivity contribution < 1.29 is 4.74 Å². The number of anilines is 2. The summed E-state index contributed by atoms with van der Waals surface area (Å²) in [5, 5.41) is 11.2. The molecule has 0 radical (unpaired) electrons. The van der Waals surface area contributed by atoms with Crippen LogP contribution in [0.25, 0.3) is 22.4 Å². The van der Waals surface area contributed by atoms with Gasteiger partial charge < -0.3 is 15.8 Å². The zero-order valence-electron chi connectivity index (χ0n) is 14.2. The van der Waals surface area contributed by atoms with Crippen molar-refractivity contribution >= 4 is 22.7 Å². The van der Waals surface area contributed by atoms with Crippen LogP contribution in [0.2, 0.25) is 0 Å². The van der Waals surface area contributed by atoms with Gasteiger partial charge in [-0.05, 0) is 6.07 Å². The Hall–Kier alpha value is -3.61. The predicted molar refractivity (Wildman–Crippen MR) is 102 cm³/mol. The highest BCUT2D eigenvalue weighted by molar-refractivity contribution is 5.96. The Morgan fingerprint density at radius 2 is 1.81 bits per heavy atom. The van der Waals surface area contributed by atoms with Gasteiger partial charge in [0.15, 0.2) is 17.3 Å². The van der Waals surface area contributed by atoms with Gasteiger partial charge in [0.05, 0.1) is 7.11 Å². The minimum absolute atomic E-state index is 0.380. The Kier molecular flexibility index (Phi) is 4.10. The summed E-state index contributed by atoms with van der Waals surface area (Å²) in [6, 6.07) is 17.5. The molecule has 0 atom stereocenters. The Bertz CT molecular complexity index is 1040. The number of aromatic nitrogens is 4. The lowest BCUT2D eigenvalue weighted by molar-refractivity contribution is 0.410. The molecule has 0 unspecified atom stereocenters. The van der Waals surface area contributed by atoms with Gasteiger partial charge in [0, 0.05) is 17.7 Å². The van der Waals surface area contributed by atoms with Gasteiger partial charge >= 0.3 is 0 Å². The molecule has 2 heterocycles. The summed E-state index contributed by atoms with van der Waals surface area (Å²) in [6.45, 7) is 0.545. The molecule has 4 N–H and O–H groups in total. The topological polar surface area (TPSA) is 102 Å². The number of rotatable bonds is 5. The largest absolute Gasteiger partial charge is 0.496 e. The van der Waals surface area contributed by atoms with Crippen molar-refractivity contribution in [3.63, 3.8) is 0 Å². The molecule has 0 saturated carbocycles. The van der Waals surface area contributed by atoms with Crippen molar-refractivity contribution in [2.24, 2.45) is 0 Å². The maximum atomic E-state index is 6.19. The molecule has 0 amide bonds. The average molecular weight is 346 g/mol. The number of nitrogen functional groups attached to an aromatic ring is 1. The number of nitrogens with zero attached hydrogens (tertiary/aromatic N) is 3.